The average molecular weight is 280 g/mol. The Hall–Kier alpha value is -2.15. The van der Waals surface area contributed by atoms with Gasteiger partial charge in [0.2, 0.25) is 0 Å². The van der Waals surface area contributed by atoms with E-state index in [-0.39, 0.29) is 17.5 Å². The first kappa shape index (κ1) is 13.3. The molecule has 1 aromatic heterocycles. The van der Waals surface area contributed by atoms with Gasteiger partial charge in [0.05, 0.1) is 0 Å². The fraction of sp³-hybridized carbons (Fsp3) is 0.167. The summed E-state index contributed by atoms with van der Waals surface area (Å²) in [5.41, 5.74) is 6.86. The van der Waals surface area contributed by atoms with Gasteiger partial charge in [0, 0.05) is 12.7 Å². The second kappa shape index (κ2) is 5.23. The maximum absolute atomic E-state index is 13.0. The monoisotopic (exact) mass is 280 g/mol. The highest BCUT2D eigenvalue weighted by Gasteiger charge is 2.16. The molecular weight excluding hydrogens is 267 g/mol. The minimum atomic E-state index is -0.355. The normalized spacial score (nSPS) is 10.3. The Bertz CT molecular complexity index is 626. The van der Waals surface area contributed by atoms with Gasteiger partial charge in [-0.25, -0.2) is 9.37 Å². The number of benzene rings is 1. The minimum absolute atomic E-state index is 0.173. The molecule has 0 aliphatic rings. The molecule has 19 heavy (non-hydrogen) atoms. The van der Waals surface area contributed by atoms with Gasteiger partial charge >= 0.3 is 0 Å². The summed E-state index contributed by atoms with van der Waals surface area (Å²) >= 11 is 1.16. The van der Waals surface area contributed by atoms with Crippen LogP contribution in [-0.4, -0.2) is 17.9 Å². The van der Waals surface area contributed by atoms with Crippen LogP contribution in [0.15, 0.2) is 18.2 Å². The van der Waals surface area contributed by atoms with Gasteiger partial charge in [0.1, 0.15) is 16.5 Å². The third-order valence-electron chi connectivity index (χ3n) is 2.51. The van der Waals surface area contributed by atoms with Crippen molar-refractivity contribution in [3.05, 3.63) is 34.5 Å². The second-order valence-electron chi connectivity index (χ2n) is 3.90. The van der Waals surface area contributed by atoms with Crippen molar-refractivity contribution in [3.8, 4) is 0 Å². The lowest BCUT2D eigenvalue weighted by Crippen LogP contribution is -2.13. The van der Waals surface area contributed by atoms with Crippen molar-refractivity contribution in [3.63, 3.8) is 0 Å². The van der Waals surface area contributed by atoms with E-state index in [1.54, 1.807) is 14.0 Å². The molecule has 100 valence electrons. The van der Waals surface area contributed by atoms with Gasteiger partial charge in [-0.15, -0.1) is 0 Å². The van der Waals surface area contributed by atoms with Crippen molar-refractivity contribution in [1.82, 2.24) is 4.98 Å². The lowest BCUT2D eigenvalue weighted by atomic mass is 10.2. The van der Waals surface area contributed by atoms with E-state index >= 15 is 0 Å². The van der Waals surface area contributed by atoms with Crippen LogP contribution < -0.4 is 16.4 Å². The summed E-state index contributed by atoms with van der Waals surface area (Å²) in [5.74, 6) is -0.525. The topological polar surface area (TPSA) is 80.0 Å². The van der Waals surface area contributed by atoms with E-state index in [1.165, 1.54) is 18.2 Å². The third-order valence-corrected chi connectivity index (χ3v) is 3.60. The Labute approximate surface area is 113 Å². The lowest BCUT2D eigenvalue weighted by Gasteiger charge is -2.07. The number of amides is 1. The molecule has 0 aliphatic heterocycles. The smallest absolute Gasteiger partial charge is 0.269 e. The number of carbonyl (C=O) groups is 1. The van der Waals surface area contributed by atoms with Crippen molar-refractivity contribution in [1.29, 1.82) is 0 Å². The van der Waals surface area contributed by atoms with Gasteiger partial charge in [0.15, 0.2) is 5.13 Å². The molecule has 0 aliphatic carbocycles. The van der Waals surface area contributed by atoms with Crippen LogP contribution in [-0.2, 0) is 0 Å². The number of rotatable bonds is 3. The molecule has 0 spiro atoms. The summed E-state index contributed by atoms with van der Waals surface area (Å²) in [4.78, 5) is 16.4. The maximum Gasteiger partial charge on any atom is 0.269 e. The fourth-order valence-corrected chi connectivity index (χ4v) is 2.28. The molecule has 0 radical (unpaired) electrons. The molecule has 7 heteroatoms. The summed E-state index contributed by atoms with van der Waals surface area (Å²) in [5, 5.41) is 6.08. The number of hydrogen-bond donors (Lipinski definition) is 3. The highest BCUT2D eigenvalue weighted by Crippen LogP contribution is 2.26. The van der Waals surface area contributed by atoms with Crippen LogP contribution in [0.25, 0.3) is 0 Å². The SMILES string of the molecule is CNc1nc(N)c(C(=O)Nc2ccc(F)cc2C)s1. The van der Waals surface area contributed by atoms with E-state index in [2.05, 4.69) is 15.6 Å². The first-order chi connectivity index (χ1) is 9.01. The third kappa shape index (κ3) is 2.82. The summed E-state index contributed by atoms with van der Waals surface area (Å²) in [7, 11) is 1.70. The largest absolute Gasteiger partial charge is 0.382 e. The van der Waals surface area contributed by atoms with Gasteiger partial charge < -0.3 is 16.4 Å². The quantitative estimate of drug-likeness (QED) is 0.807. The van der Waals surface area contributed by atoms with Gasteiger partial charge in [-0.2, -0.15) is 0 Å². The van der Waals surface area contributed by atoms with Gasteiger partial charge in [-0.1, -0.05) is 11.3 Å². The van der Waals surface area contributed by atoms with E-state index in [1.807, 2.05) is 0 Å². The number of nitrogens with one attached hydrogen (secondary N) is 2. The van der Waals surface area contributed by atoms with Gasteiger partial charge in [-0.05, 0) is 30.7 Å². The molecule has 0 saturated carbocycles. The number of carbonyl (C=O) groups excluding carboxylic acids is 1. The number of hydrogen-bond acceptors (Lipinski definition) is 5. The van der Waals surface area contributed by atoms with Crippen molar-refractivity contribution in [2.45, 2.75) is 6.92 Å². The van der Waals surface area contributed by atoms with E-state index < -0.39 is 0 Å². The molecule has 2 rings (SSSR count). The number of nitrogens with two attached hydrogens (primary N) is 1. The van der Waals surface area contributed by atoms with Crippen LogP contribution in [0, 0.1) is 12.7 Å². The molecule has 4 N–H and O–H groups in total. The molecular formula is C12H13FN4OS. The summed E-state index contributed by atoms with van der Waals surface area (Å²) in [6.45, 7) is 1.72. The number of nitrogen functional groups attached to an aromatic ring is 1. The highest BCUT2D eigenvalue weighted by molar-refractivity contribution is 7.18. The number of aryl methyl sites for hydroxylation is 1. The first-order valence-electron chi connectivity index (χ1n) is 5.53. The lowest BCUT2D eigenvalue weighted by molar-refractivity contribution is 0.103. The summed E-state index contributed by atoms with van der Waals surface area (Å²) < 4.78 is 13.0. The molecule has 1 aromatic carbocycles. The number of aromatic nitrogens is 1. The Morgan fingerprint density at radius 2 is 2.21 bits per heavy atom. The molecule has 0 bridgehead atoms. The van der Waals surface area contributed by atoms with Crippen molar-refractivity contribution in [2.24, 2.45) is 0 Å². The van der Waals surface area contributed by atoms with Crippen LogP contribution in [0.5, 0.6) is 0 Å². The predicted octanol–water partition coefficient (Wildman–Crippen LogP) is 2.47. The molecule has 1 heterocycles. The average Bonchev–Trinajstić information content (AvgIpc) is 2.74. The second-order valence-corrected chi connectivity index (χ2v) is 4.90. The Kier molecular flexibility index (Phi) is 3.66. The van der Waals surface area contributed by atoms with E-state index in [4.69, 9.17) is 5.73 Å². The summed E-state index contributed by atoms with van der Waals surface area (Å²) in [6, 6.07) is 4.15. The zero-order valence-electron chi connectivity index (χ0n) is 10.5. The molecule has 2 aromatic rings. The zero-order chi connectivity index (χ0) is 14.0. The van der Waals surface area contributed by atoms with Crippen LogP contribution in [0.1, 0.15) is 15.2 Å². The van der Waals surface area contributed by atoms with Crippen molar-refractivity contribution >= 4 is 33.9 Å². The van der Waals surface area contributed by atoms with E-state index in [0.29, 0.717) is 21.3 Å². The zero-order valence-corrected chi connectivity index (χ0v) is 11.3. The van der Waals surface area contributed by atoms with Crippen LogP contribution in [0.4, 0.5) is 21.0 Å². The number of anilines is 3. The van der Waals surface area contributed by atoms with Crippen molar-refractivity contribution in [2.75, 3.05) is 23.4 Å². The van der Waals surface area contributed by atoms with Gasteiger partial charge in [0.25, 0.3) is 5.91 Å². The maximum atomic E-state index is 13.0. The number of nitrogens with zero attached hydrogens (tertiary/aromatic N) is 1. The Morgan fingerprint density at radius 3 is 2.79 bits per heavy atom. The van der Waals surface area contributed by atoms with Crippen LogP contribution >= 0.6 is 11.3 Å². The highest BCUT2D eigenvalue weighted by atomic mass is 32.1. The number of halogens is 1. The molecule has 0 saturated heterocycles. The minimum Gasteiger partial charge on any atom is -0.382 e. The van der Waals surface area contributed by atoms with Crippen molar-refractivity contribution < 1.29 is 9.18 Å². The summed E-state index contributed by atoms with van der Waals surface area (Å²) in [6.07, 6.45) is 0. The molecule has 1 amide bonds. The predicted molar refractivity (Wildman–Crippen MR) is 75.2 cm³/mol. The van der Waals surface area contributed by atoms with E-state index in [9.17, 15) is 9.18 Å². The van der Waals surface area contributed by atoms with Gasteiger partial charge in [-0.3, -0.25) is 4.79 Å². The number of thiazole rings is 1. The van der Waals surface area contributed by atoms with E-state index in [0.717, 1.165) is 11.3 Å². The Morgan fingerprint density at radius 1 is 1.47 bits per heavy atom. The molecule has 0 fully saturated rings. The van der Waals surface area contributed by atoms with Crippen LogP contribution in [0.3, 0.4) is 0 Å². The van der Waals surface area contributed by atoms with Crippen LogP contribution in [0.2, 0.25) is 0 Å². The Balaban J connectivity index is 2.23. The molecule has 0 unspecified atom stereocenters. The first-order valence-corrected chi connectivity index (χ1v) is 6.34. The fourth-order valence-electron chi connectivity index (χ4n) is 1.55. The molecule has 5 nitrogen and oxygen atoms in total. The molecule has 0 atom stereocenters. The standard InChI is InChI=1S/C12H13FN4OS/c1-6-5-7(13)3-4-8(6)16-11(18)9-10(14)17-12(15-2)19-9/h3-5H,14H2,1-2H3,(H,15,17)(H,16,18).